The highest BCUT2D eigenvalue weighted by Crippen LogP contribution is 2.13. The van der Waals surface area contributed by atoms with E-state index in [0.29, 0.717) is 5.56 Å². The van der Waals surface area contributed by atoms with Crippen LogP contribution in [0.2, 0.25) is 0 Å². The molecule has 0 fully saturated rings. The van der Waals surface area contributed by atoms with E-state index in [1.807, 2.05) is 0 Å². The van der Waals surface area contributed by atoms with Crippen molar-refractivity contribution < 1.29 is 47.7 Å². The van der Waals surface area contributed by atoms with Crippen LogP contribution in [-0.2, 0) is 49.5 Å². The highest BCUT2D eigenvalue weighted by molar-refractivity contribution is 5.95. The number of benzene rings is 1. The van der Waals surface area contributed by atoms with Gasteiger partial charge in [-0.2, -0.15) is 0 Å². The third-order valence-corrected chi connectivity index (χ3v) is 5.86. The van der Waals surface area contributed by atoms with E-state index in [2.05, 4.69) is 22.5 Å². The first-order chi connectivity index (χ1) is 21.3. The van der Waals surface area contributed by atoms with Crippen LogP contribution < -0.4 is 16.0 Å². The van der Waals surface area contributed by atoms with Crippen LogP contribution in [0.1, 0.15) is 80.2 Å². The zero-order chi connectivity index (χ0) is 35.1. The normalized spacial score (nSPS) is 13.3. The van der Waals surface area contributed by atoms with Crippen molar-refractivity contribution in [2.75, 3.05) is 6.61 Å². The molecule has 0 heterocycles. The summed E-state index contributed by atoms with van der Waals surface area (Å²) in [6, 6.07) is 4.82. The zero-order valence-electron chi connectivity index (χ0n) is 28.1. The Bertz CT molecular complexity index is 1200. The average molecular weight is 648 g/mol. The number of amides is 3. The van der Waals surface area contributed by atoms with Crippen molar-refractivity contribution in [1.29, 1.82) is 0 Å². The van der Waals surface area contributed by atoms with Gasteiger partial charge in [0.2, 0.25) is 11.8 Å². The number of carbonyl (C=O) groups excluding carboxylic acids is 6. The summed E-state index contributed by atoms with van der Waals surface area (Å²) in [7, 11) is 0. The Morgan fingerprint density at radius 1 is 0.783 bits per heavy atom. The molecule has 1 rings (SSSR count). The molecular weight excluding hydrogens is 598 g/mol. The molecule has 0 unspecified atom stereocenters. The van der Waals surface area contributed by atoms with Gasteiger partial charge < -0.3 is 34.9 Å². The predicted octanol–water partition coefficient (Wildman–Crippen LogP) is 3.49. The van der Waals surface area contributed by atoms with Gasteiger partial charge in [0, 0.05) is 6.42 Å². The third kappa shape index (κ3) is 16.6. The molecule has 3 N–H and O–H groups in total. The molecule has 0 aliphatic carbocycles. The maximum absolute atomic E-state index is 13.5. The van der Waals surface area contributed by atoms with Gasteiger partial charge in [-0.15, -0.1) is 0 Å². The number of nitrogens with one attached hydrogen (secondary N) is 3. The number of rotatable bonds is 16. The molecule has 256 valence electrons. The molecule has 0 aliphatic rings. The van der Waals surface area contributed by atoms with Crippen molar-refractivity contribution in [1.82, 2.24) is 16.0 Å². The van der Waals surface area contributed by atoms with Crippen molar-refractivity contribution in [2.45, 2.75) is 111 Å². The Morgan fingerprint density at radius 3 is 1.89 bits per heavy atom. The van der Waals surface area contributed by atoms with Crippen LogP contribution in [0, 0.1) is 5.92 Å². The molecule has 0 saturated heterocycles. The molecule has 46 heavy (non-hydrogen) atoms. The minimum atomic E-state index is -1.52. The van der Waals surface area contributed by atoms with Gasteiger partial charge in [-0.1, -0.05) is 56.8 Å². The van der Waals surface area contributed by atoms with Crippen molar-refractivity contribution >= 4 is 35.8 Å². The van der Waals surface area contributed by atoms with E-state index in [9.17, 15) is 28.8 Å². The average Bonchev–Trinajstić information content (AvgIpc) is 2.93. The summed E-state index contributed by atoms with van der Waals surface area (Å²) in [6.07, 6.45) is -0.703. The summed E-state index contributed by atoms with van der Waals surface area (Å²) in [5.41, 5.74) is -0.984. The summed E-state index contributed by atoms with van der Waals surface area (Å²) in [6.45, 7) is 16.7. The maximum Gasteiger partial charge on any atom is 0.408 e. The molecule has 13 nitrogen and oxygen atoms in total. The Hall–Kier alpha value is -4.42. The third-order valence-electron chi connectivity index (χ3n) is 5.86. The van der Waals surface area contributed by atoms with Gasteiger partial charge in [0.1, 0.15) is 42.5 Å². The molecule has 1 aromatic carbocycles. The molecule has 0 aliphatic heterocycles. The number of ether oxygens (including phenoxy) is 4. The number of alkyl carbamates (subject to hydrolysis) is 1. The van der Waals surface area contributed by atoms with E-state index in [1.165, 1.54) is 6.08 Å². The summed E-state index contributed by atoms with van der Waals surface area (Å²) < 4.78 is 21.0. The predicted molar refractivity (Wildman–Crippen MR) is 169 cm³/mol. The van der Waals surface area contributed by atoms with E-state index < -0.39 is 77.5 Å². The lowest BCUT2D eigenvalue weighted by Crippen LogP contribution is -2.57. The second-order valence-corrected chi connectivity index (χ2v) is 12.9. The lowest BCUT2D eigenvalue weighted by molar-refractivity contribution is -0.156. The highest BCUT2D eigenvalue weighted by Gasteiger charge is 2.34. The first-order valence-corrected chi connectivity index (χ1v) is 15.1. The number of hydrogen-bond acceptors (Lipinski definition) is 10. The van der Waals surface area contributed by atoms with Crippen LogP contribution in [-0.4, -0.2) is 71.8 Å². The van der Waals surface area contributed by atoms with Crippen molar-refractivity contribution in [2.24, 2.45) is 5.92 Å². The molecule has 0 saturated carbocycles. The van der Waals surface area contributed by atoms with Gasteiger partial charge in [-0.3, -0.25) is 19.2 Å². The smallest absolute Gasteiger partial charge is 0.408 e. The molecule has 0 aromatic heterocycles. The number of hydrogen-bond donors (Lipinski definition) is 3. The van der Waals surface area contributed by atoms with Gasteiger partial charge in [-0.25, -0.2) is 9.59 Å². The quantitative estimate of drug-likeness (QED) is 0.137. The standard InChI is InChI=1S/C33H49N3O10/c1-10-18-43-30(41)27(21(2)3)36-28(39)23(16-17-25(37)45-32(4,5)6)34-29(40)24(19-26(38)46-33(7,8)9)35-31(42)44-20-22-14-12-11-13-15-22/h10-15,21,23-24,27H,1,16-20H2,2-9H3,(H,34,40)(H,35,42)(H,36,39)/t23-,24-,27-/m0/s1. The Kier molecular flexibility index (Phi) is 15.9. The molecule has 0 spiro atoms. The van der Waals surface area contributed by atoms with Gasteiger partial charge in [-0.05, 0) is 59.4 Å². The van der Waals surface area contributed by atoms with Crippen LogP contribution in [0.25, 0.3) is 0 Å². The van der Waals surface area contributed by atoms with E-state index in [1.54, 1.807) is 85.7 Å². The Labute approximate surface area is 271 Å². The van der Waals surface area contributed by atoms with Crippen molar-refractivity contribution in [3.8, 4) is 0 Å². The molecular formula is C33H49N3O10. The largest absolute Gasteiger partial charge is 0.460 e. The van der Waals surface area contributed by atoms with Crippen LogP contribution in [0.5, 0.6) is 0 Å². The first-order valence-electron chi connectivity index (χ1n) is 15.1. The molecule has 3 amide bonds. The summed E-state index contributed by atoms with van der Waals surface area (Å²) in [4.78, 5) is 77.5. The van der Waals surface area contributed by atoms with E-state index in [-0.39, 0.29) is 26.1 Å². The highest BCUT2D eigenvalue weighted by atomic mass is 16.6. The Morgan fingerprint density at radius 2 is 1.35 bits per heavy atom. The maximum atomic E-state index is 13.5. The summed E-state index contributed by atoms with van der Waals surface area (Å²) >= 11 is 0. The van der Waals surface area contributed by atoms with E-state index >= 15 is 0 Å². The fourth-order valence-electron chi connectivity index (χ4n) is 3.84. The van der Waals surface area contributed by atoms with Gasteiger partial charge >= 0.3 is 24.0 Å². The van der Waals surface area contributed by atoms with Crippen LogP contribution in [0.3, 0.4) is 0 Å². The monoisotopic (exact) mass is 647 g/mol. The first kappa shape index (κ1) is 39.6. The summed E-state index contributed by atoms with van der Waals surface area (Å²) in [5, 5.41) is 7.44. The molecule has 0 bridgehead atoms. The summed E-state index contributed by atoms with van der Waals surface area (Å²) in [5.74, 6) is -4.26. The van der Waals surface area contributed by atoms with Crippen molar-refractivity contribution in [3.63, 3.8) is 0 Å². The Balaban J connectivity index is 3.24. The molecule has 1 aromatic rings. The van der Waals surface area contributed by atoms with Crippen LogP contribution >= 0.6 is 0 Å². The fraction of sp³-hybridized carbons (Fsp3) is 0.576. The second-order valence-electron chi connectivity index (χ2n) is 12.9. The molecule has 13 heteroatoms. The number of esters is 3. The topological polar surface area (TPSA) is 175 Å². The number of carbonyl (C=O) groups is 6. The second kappa shape index (κ2) is 18.5. The van der Waals surface area contributed by atoms with E-state index in [0.717, 1.165) is 0 Å². The van der Waals surface area contributed by atoms with Crippen LogP contribution in [0.15, 0.2) is 43.0 Å². The lowest BCUT2D eigenvalue weighted by Gasteiger charge is -2.27. The van der Waals surface area contributed by atoms with Gasteiger partial charge in [0.15, 0.2) is 0 Å². The van der Waals surface area contributed by atoms with Crippen LogP contribution in [0.4, 0.5) is 4.79 Å². The van der Waals surface area contributed by atoms with Gasteiger partial charge in [0.25, 0.3) is 0 Å². The SMILES string of the molecule is C=CCOC(=O)[C@@H](NC(=O)[C@H](CCC(=O)OC(C)(C)C)NC(=O)[C@H](CC(=O)OC(C)(C)C)NC(=O)OCc1ccccc1)C(C)C. The molecule has 3 atom stereocenters. The zero-order valence-corrected chi connectivity index (χ0v) is 28.1. The fourth-order valence-corrected chi connectivity index (χ4v) is 3.84. The van der Waals surface area contributed by atoms with Crippen molar-refractivity contribution in [3.05, 3.63) is 48.6 Å². The van der Waals surface area contributed by atoms with E-state index in [4.69, 9.17) is 18.9 Å². The lowest BCUT2D eigenvalue weighted by atomic mass is 10.0. The minimum absolute atomic E-state index is 0.0743. The van der Waals surface area contributed by atoms with Gasteiger partial charge in [0.05, 0.1) is 6.42 Å². The minimum Gasteiger partial charge on any atom is -0.460 e. The molecule has 0 radical (unpaired) electrons.